The summed E-state index contributed by atoms with van der Waals surface area (Å²) in [6.45, 7) is 40.9. The van der Waals surface area contributed by atoms with Crippen molar-refractivity contribution in [1.29, 1.82) is 0 Å². The van der Waals surface area contributed by atoms with Gasteiger partial charge in [-0.2, -0.15) is 0 Å². The predicted molar refractivity (Wildman–Crippen MR) is 201 cm³/mol. The molecule has 2 rings (SSSR count). The third-order valence-electron chi connectivity index (χ3n) is 7.65. The summed E-state index contributed by atoms with van der Waals surface area (Å²) in [5.74, 6) is 0.524. The summed E-state index contributed by atoms with van der Waals surface area (Å²) in [6, 6.07) is -0.0564. The summed E-state index contributed by atoms with van der Waals surface area (Å²) in [5, 5.41) is 10.2. The highest BCUT2D eigenvalue weighted by Gasteiger charge is 2.23. The van der Waals surface area contributed by atoms with Gasteiger partial charge in [0.05, 0.1) is 29.5 Å². The molecule has 0 spiro atoms. The average Bonchev–Trinajstić information content (AvgIpc) is 3.37. The van der Waals surface area contributed by atoms with Gasteiger partial charge in [-0.25, -0.2) is 9.98 Å². The van der Waals surface area contributed by atoms with E-state index >= 15 is 0 Å². The molecule has 0 radical (unpaired) electrons. The van der Waals surface area contributed by atoms with Crippen LogP contribution in [0.3, 0.4) is 0 Å². The third-order valence-corrected chi connectivity index (χ3v) is 7.92. The minimum Gasteiger partial charge on any atom is -0.380 e. The zero-order valence-corrected chi connectivity index (χ0v) is 28.7. The number of hydrogen-bond donors (Lipinski definition) is 3. The Bertz CT molecular complexity index is 1490. The number of nitrogens with one attached hydrogen (secondary N) is 3. The van der Waals surface area contributed by atoms with E-state index in [2.05, 4.69) is 99.1 Å². The predicted octanol–water partition coefficient (Wildman–Crippen LogP) is 7.72. The van der Waals surface area contributed by atoms with Gasteiger partial charge in [-0.05, 0) is 80.6 Å². The Labute approximate surface area is 277 Å². The third kappa shape index (κ3) is 10.6. The molecule has 6 nitrogen and oxygen atoms in total. The fraction of sp³-hybridized carbons (Fsp3) is 0.289. The van der Waals surface area contributed by atoms with Crippen molar-refractivity contribution in [2.75, 3.05) is 26.2 Å². The van der Waals surface area contributed by atoms with Crippen molar-refractivity contribution in [3.05, 3.63) is 145 Å². The number of thiocarbonyl (C=S) groups is 1. The van der Waals surface area contributed by atoms with E-state index in [-0.39, 0.29) is 6.04 Å². The molecule has 0 aromatic rings. The van der Waals surface area contributed by atoms with Gasteiger partial charge in [0.1, 0.15) is 0 Å². The molecule has 1 aliphatic heterocycles. The van der Waals surface area contributed by atoms with Crippen LogP contribution in [0.5, 0.6) is 0 Å². The van der Waals surface area contributed by atoms with E-state index in [9.17, 15) is 0 Å². The summed E-state index contributed by atoms with van der Waals surface area (Å²) < 4.78 is 0. The van der Waals surface area contributed by atoms with Gasteiger partial charge in [0, 0.05) is 30.5 Å². The summed E-state index contributed by atoms with van der Waals surface area (Å²) in [7, 11) is 0. The lowest BCUT2D eigenvalue weighted by Crippen LogP contribution is -2.37. The Morgan fingerprint density at radius 1 is 1.07 bits per heavy atom. The highest BCUT2D eigenvalue weighted by molar-refractivity contribution is 7.80. The average molecular weight is 623 g/mol. The SMILES string of the molecule is C=C/C(=C/C)CC=CC(=C)[C@H](C)NC(=C)/C(C=C)=N/C1=NCC(=C)N1CC(=S)NC/C(C)=C/C(=C\C)CNC1=C(C)C(=C)C1=C. The molecule has 2 aliphatic rings. The summed E-state index contributed by atoms with van der Waals surface area (Å²) in [6.07, 6.45) is 14.7. The number of hydrogen-bond acceptors (Lipinski definition) is 6. The molecule has 0 saturated heterocycles. The van der Waals surface area contributed by atoms with Crippen molar-refractivity contribution in [1.82, 2.24) is 20.9 Å². The molecule has 0 saturated carbocycles. The molecule has 0 aromatic heterocycles. The van der Waals surface area contributed by atoms with Gasteiger partial charge in [0.25, 0.3) is 0 Å². The maximum atomic E-state index is 5.70. The molecule has 0 fully saturated rings. The van der Waals surface area contributed by atoms with E-state index < -0.39 is 0 Å². The lowest BCUT2D eigenvalue weighted by atomic mass is 9.85. The number of allylic oxidation sites excluding steroid dienone is 8. The Hall–Kier alpha value is -4.49. The van der Waals surface area contributed by atoms with Crippen molar-refractivity contribution in [3.63, 3.8) is 0 Å². The molecular formula is C38H50N6S. The van der Waals surface area contributed by atoms with Crippen LogP contribution in [0, 0.1) is 0 Å². The zero-order chi connectivity index (χ0) is 33.7. The van der Waals surface area contributed by atoms with Gasteiger partial charge in [-0.1, -0.05) is 100 Å². The van der Waals surface area contributed by atoms with E-state index in [4.69, 9.17) is 17.2 Å². The van der Waals surface area contributed by atoms with Crippen LogP contribution < -0.4 is 16.0 Å². The Morgan fingerprint density at radius 2 is 1.76 bits per heavy atom. The van der Waals surface area contributed by atoms with E-state index in [1.165, 1.54) is 11.1 Å². The van der Waals surface area contributed by atoms with Crippen LogP contribution in [0.1, 0.15) is 41.0 Å². The number of nitrogens with zero attached hydrogens (tertiary/aromatic N) is 3. The minimum atomic E-state index is -0.0564. The Balaban J connectivity index is 1.96. The first-order chi connectivity index (χ1) is 21.4. The standard InChI is InChI=1S/C38H50N6S/c1-13-33(14-2)19-17-18-26(6)31(11)42-32(12)35(16-4)43-38-41-22-27(7)44(38)24-36(45)39-21-25(5)20-34(15-3)23-40-37-29(9)28(8)30(37)10/h13-18,20,31,40,42H,1,4,6-9,12,19,21-24H2,2-3,5,10-11H3,(H,39,45)/b18-17?,25-20+,33-14-,34-15+,43-35+/t31-/m0/s1. The molecule has 7 heteroatoms. The topological polar surface area (TPSA) is 64.0 Å². The highest BCUT2D eigenvalue weighted by Crippen LogP contribution is 2.34. The van der Waals surface area contributed by atoms with E-state index in [1.54, 1.807) is 6.08 Å². The minimum absolute atomic E-state index is 0.0564. The van der Waals surface area contributed by atoms with Gasteiger partial charge in [0.15, 0.2) is 0 Å². The first-order valence-corrected chi connectivity index (χ1v) is 15.5. The number of guanidine groups is 1. The van der Waals surface area contributed by atoms with Gasteiger partial charge >= 0.3 is 0 Å². The van der Waals surface area contributed by atoms with Crippen LogP contribution in [-0.4, -0.2) is 53.8 Å². The van der Waals surface area contributed by atoms with Gasteiger partial charge in [0.2, 0.25) is 5.96 Å². The summed E-state index contributed by atoms with van der Waals surface area (Å²) in [4.78, 5) is 11.9. The van der Waals surface area contributed by atoms with Crippen molar-refractivity contribution in [2.24, 2.45) is 9.98 Å². The largest absolute Gasteiger partial charge is 0.380 e. The van der Waals surface area contributed by atoms with Gasteiger partial charge in [-0.3, -0.25) is 0 Å². The highest BCUT2D eigenvalue weighted by atomic mass is 32.1. The summed E-state index contributed by atoms with van der Waals surface area (Å²) in [5.41, 5.74) is 10.7. The second-order valence-electron chi connectivity index (χ2n) is 11.0. The van der Waals surface area contributed by atoms with Crippen molar-refractivity contribution in [3.8, 4) is 0 Å². The first kappa shape index (κ1) is 36.7. The smallest absolute Gasteiger partial charge is 0.226 e. The summed E-state index contributed by atoms with van der Waals surface area (Å²) >= 11 is 5.70. The zero-order valence-electron chi connectivity index (χ0n) is 27.9. The Kier molecular flexibility index (Phi) is 14.4. The molecule has 0 aromatic carbocycles. The van der Waals surface area contributed by atoms with Crippen LogP contribution in [-0.2, 0) is 0 Å². The fourth-order valence-corrected chi connectivity index (χ4v) is 4.70. The Morgan fingerprint density at radius 3 is 2.36 bits per heavy atom. The second kappa shape index (κ2) is 17.7. The van der Waals surface area contributed by atoms with E-state index in [1.807, 2.05) is 43.9 Å². The number of aliphatic imine (C=N–C) groups is 2. The second-order valence-corrected chi connectivity index (χ2v) is 11.5. The van der Waals surface area contributed by atoms with Gasteiger partial charge in [-0.15, -0.1) is 0 Å². The maximum Gasteiger partial charge on any atom is 0.226 e. The molecule has 3 N–H and O–H groups in total. The first-order valence-electron chi connectivity index (χ1n) is 15.1. The van der Waals surface area contributed by atoms with Crippen molar-refractivity contribution < 1.29 is 0 Å². The maximum absolute atomic E-state index is 5.70. The fourth-order valence-electron chi connectivity index (χ4n) is 4.50. The molecule has 0 amide bonds. The van der Waals surface area contributed by atoms with E-state index in [0.29, 0.717) is 48.5 Å². The molecule has 0 bridgehead atoms. The van der Waals surface area contributed by atoms with Crippen molar-refractivity contribution >= 4 is 28.9 Å². The molecule has 0 unspecified atom stereocenters. The molecular weight excluding hydrogens is 573 g/mol. The van der Waals surface area contributed by atoms with Crippen molar-refractivity contribution in [2.45, 2.75) is 47.1 Å². The van der Waals surface area contributed by atoms with Crippen LogP contribution in [0.4, 0.5) is 0 Å². The molecule has 1 aliphatic carbocycles. The molecule has 238 valence electrons. The molecule has 45 heavy (non-hydrogen) atoms. The lowest BCUT2D eigenvalue weighted by Gasteiger charge is -2.28. The lowest BCUT2D eigenvalue weighted by molar-refractivity contribution is 0.599. The quantitative estimate of drug-likeness (QED) is 0.0881. The van der Waals surface area contributed by atoms with Crippen LogP contribution in [0.25, 0.3) is 0 Å². The van der Waals surface area contributed by atoms with Crippen LogP contribution in [0.2, 0.25) is 0 Å². The van der Waals surface area contributed by atoms with Crippen LogP contribution in [0.15, 0.2) is 155 Å². The monoisotopic (exact) mass is 622 g/mol. The van der Waals surface area contributed by atoms with Gasteiger partial charge < -0.3 is 20.9 Å². The van der Waals surface area contributed by atoms with E-state index in [0.717, 1.165) is 45.7 Å². The normalized spacial score (nSPS) is 16.9. The number of rotatable bonds is 17. The van der Waals surface area contributed by atoms with Crippen LogP contribution >= 0.6 is 12.2 Å². The molecule has 1 heterocycles. The molecule has 1 atom stereocenters.